The molecule has 2 rings (SSSR count). The summed E-state index contributed by atoms with van der Waals surface area (Å²) in [5.74, 6) is 1.04. The molecule has 0 aromatic heterocycles. The monoisotopic (exact) mass is 272 g/mol. The Bertz CT molecular complexity index is 542. The molecule has 1 aromatic rings. The van der Waals surface area contributed by atoms with E-state index in [1.807, 2.05) is 0 Å². The van der Waals surface area contributed by atoms with Crippen molar-refractivity contribution in [1.29, 1.82) is 0 Å². The highest BCUT2D eigenvalue weighted by molar-refractivity contribution is 7.92. The van der Waals surface area contributed by atoms with Crippen LogP contribution in [-0.4, -0.2) is 27.4 Å². The van der Waals surface area contributed by atoms with Gasteiger partial charge in [-0.25, -0.2) is 8.42 Å². The zero-order valence-electron chi connectivity index (χ0n) is 10.1. The van der Waals surface area contributed by atoms with Crippen molar-refractivity contribution in [1.82, 2.24) is 0 Å². The fourth-order valence-corrected chi connectivity index (χ4v) is 2.21. The molecular weight excluding hydrogens is 256 g/mol. The molecule has 0 amide bonds. The number of sulfonamides is 1. The minimum absolute atomic E-state index is 0.0130. The van der Waals surface area contributed by atoms with Crippen LogP contribution in [0, 0.1) is 0 Å². The van der Waals surface area contributed by atoms with Gasteiger partial charge in [0.05, 0.1) is 30.3 Å². The molecule has 3 N–H and O–H groups in total. The summed E-state index contributed by atoms with van der Waals surface area (Å²) in [4.78, 5) is 0. The molecule has 0 bridgehead atoms. The molecule has 0 saturated carbocycles. The lowest BCUT2D eigenvalue weighted by atomic mass is 10.2. The molecule has 0 saturated heterocycles. The summed E-state index contributed by atoms with van der Waals surface area (Å²) in [7, 11) is -3.36. The van der Waals surface area contributed by atoms with Gasteiger partial charge in [0, 0.05) is 18.6 Å². The van der Waals surface area contributed by atoms with Crippen molar-refractivity contribution in [3.8, 4) is 11.5 Å². The Hall–Kier alpha value is -1.63. The van der Waals surface area contributed by atoms with Crippen molar-refractivity contribution in [3.05, 3.63) is 12.1 Å². The second-order valence-corrected chi connectivity index (χ2v) is 5.95. The van der Waals surface area contributed by atoms with Crippen LogP contribution in [0.2, 0.25) is 0 Å². The molecule has 0 radical (unpaired) electrons. The highest BCUT2D eigenvalue weighted by Gasteiger charge is 2.16. The second kappa shape index (κ2) is 4.93. The van der Waals surface area contributed by atoms with Crippen molar-refractivity contribution in [2.24, 2.45) is 0 Å². The van der Waals surface area contributed by atoms with Crippen molar-refractivity contribution in [2.45, 2.75) is 13.3 Å². The van der Waals surface area contributed by atoms with Gasteiger partial charge in [-0.05, 0) is 6.92 Å². The van der Waals surface area contributed by atoms with Crippen LogP contribution in [0.4, 0.5) is 11.4 Å². The van der Waals surface area contributed by atoms with E-state index in [1.165, 1.54) is 0 Å². The van der Waals surface area contributed by atoms with Gasteiger partial charge in [0.15, 0.2) is 11.5 Å². The maximum atomic E-state index is 11.5. The molecule has 100 valence electrons. The van der Waals surface area contributed by atoms with Crippen LogP contribution in [0.25, 0.3) is 0 Å². The smallest absolute Gasteiger partial charge is 0.232 e. The van der Waals surface area contributed by atoms with Crippen LogP contribution in [0.1, 0.15) is 13.3 Å². The zero-order chi connectivity index (χ0) is 13.2. The third kappa shape index (κ3) is 2.79. The molecule has 1 aliphatic rings. The Morgan fingerprint density at radius 2 is 1.89 bits per heavy atom. The van der Waals surface area contributed by atoms with Crippen LogP contribution in [-0.2, 0) is 10.0 Å². The van der Waals surface area contributed by atoms with Crippen molar-refractivity contribution < 1.29 is 17.9 Å². The minimum atomic E-state index is -3.36. The van der Waals surface area contributed by atoms with Crippen LogP contribution in [0.3, 0.4) is 0 Å². The van der Waals surface area contributed by atoms with E-state index in [9.17, 15) is 8.42 Å². The maximum absolute atomic E-state index is 11.5. The summed E-state index contributed by atoms with van der Waals surface area (Å²) < 4.78 is 36.4. The highest BCUT2D eigenvalue weighted by atomic mass is 32.2. The van der Waals surface area contributed by atoms with Gasteiger partial charge in [-0.2, -0.15) is 0 Å². The molecule has 1 heterocycles. The zero-order valence-corrected chi connectivity index (χ0v) is 10.9. The van der Waals surface area contributed by atoms with E-state index >= 15 is 0 Å². The number of anilines is 2. The predicted molar refractivity (Wildman–Crippen MR) is 69.5 cm³/mol. The molecule has 6 nitrogen and oxygen atoms in total. The third-order valence-corrected chi connectivity index (χ3v) is 3.86. The second-order valence-electron chi connectivity index (χ2n) is 3.94. The standard InChI is InChI=1S/C11H16N2O4S/c1-2-18(14,15)13-9-7-11-10(6-8(9)12)16-4-3-5-17-11/h6-7,13H,2-5,12H2,1H3. The van der Waals surface area contributed by atoms with Crippen molar-refractivity contribution >= 4 is 21.4 Å². The number of nitrogens with two attached hydrogens (primary N) is 1. The predicted octanol–water partition coefficient (Wildman–Crippen LogP) is 1.19. The first-order chi connectivity index (χ1) is 8.52. The molecule has 18 heavy (non-hydrogen) atoms. The van der Waals surface area contributed by atoms with Gasteiger partial charge in [0.1, 0.15) is 0 Å². The van der Waals surface area contributed by atoms with Crippen LogP contribution in [0.5, 0.6) is 11.5 Å². The lowest BCUT2D eigenvalue weighted by Gasteiger charge is -2.13. The fourth-order valence-electron chi connectivity index (χ4n) is 1.55. The molecule has 0 spiro atoms. The average molecular weight is 272 g/mol. The average Bonchev–Trinajstić information content (AvgIpc) is 2.54. The Kier molecular flexibility index (Phi) is 3.51. The topological polar surface area (TPSA) is 90.7 Å². The minimum Gasteiger partial charge on any atom is -0.489 e. The number of nitrogens with one attached hydrogen (secondary N) is 1. The Labute approximate surface area is 106 Å². The van der Waals surface area contributed by atoms with Gasteiger partial charge in [-0.1, -0.05) is 0 Å². The van der Waals surface area contributed by atoms with E-state index in [-0.39, 0.29) is 5.75 Å². The summed E-state index contributed by atoms with van der Waals surface area (Å²) in [6, 6.07) is 3.14. The molecular formula is C11H16N2O4S. The van der Waals surface area contributed by atoms with Crippen molar-refractivity contribution in [2.75, 3.05) is 29.4 Å². The highest BCUT2D eigenvalue weighted by Crippen LogP contribution is 2.36. The number of nitrogen functional groups attached to an aromatic ring is 1. The van der Waals surface area contributed by atoms with E-state index in [2.05, 4.69) is 4.72 Å². The summed E-state index contributed by atoms with van der Waals surface area (Å²) >= 11 is 0. The first-order valence-electron chi connectivity index (χ1n) is 5.71. The molecule has 0 aliphatic carbocycles. The molecule has 1 aliphatic heterocycles. The van der Waals surface area contributed by atoms with Gasteiger partial charge in [-0.3, -0.25) is 4.72 Å². The van der Waals surface area contributed by atoms with Gasteiger partial charge in [0.25, 0.3) is 0 Å². The first kappa shape index (κ1) is 12.8. The lowest BCUT2D eigenvalue weighted by Crippen LogP contribution is -2.15. The normalized spacial score (nSPS) is 14.9. The molecule has 1 aromatic carbocycles. The number of hydrogen-bond donors (Lipinski definition) is 2. The molecule has 0 atom stereocenters. The summed E-state index contributed by atoms with van der Waals surface area (Å²) in [5, 5.41) is 0. The Morgan fingerprint density at radius 3 is 2.50 bits per heavy atom. The van der Waals surface area contributed by atoms with Crippen LogP contribution < -0.4 is 19.9 Å². The van der Waals surface area contributed by atoms with Crippen LogP contribution in [0.15, 0.2) is 12.1 Å². The Balaban J connectivity index is 2.35. The van der Waals surface area contributed by atoms with E-state index in [1.54, 1.807) is 19.1 Å². The number of rotatable bonds is 3. The third-order valence-electron chi connectivity index (χ3n) is 2.57. The fraction of sp³-hybridized carbons (Fsp3) is 0.455. The summed E-state index contributed by atoms with van der Waals surface area (Å²) in [6.45, 7) is 2.66. The quantitative estimate of drug-likeness (QED) is 0.807. The molecule has 0 unspecified atom stereocenters. The van der Waals surface area contributed by atoms with Crippen LogP contribution >= 0.6 is 0 Å². The summed E-state index contributed by atoms with van der Waals surface area (Å²) in [5.41, 5.74) is 6.43. The van der Waals surface area contributed by atoms with Gasteiger partial charge in [-0.15, -0.1) is 0 Å². The first-order valence-corrected chi connectivity index (χ1v) is 7.36. The number of hydrogen-bond acceptors (Lipinski definition) is 5. The van der Waals surface area contributed by atoms with Gasteiger partial charge < -0.3 is 15.2 Å². The van der Waals surface area contributed by atoms with Gasteiger partial charge >= 0.3 is 0 Å². The summed E-state index contributed by atoms with van der Waals surface area (Å²) in [6.07, 6.45) is 0.782. The molecule has 0 fully saturated rings. The van der Waals surface area contributed by atoms with E-state index < -0.39 is 10.0 Å². The number of benzene rings is 1. The van der Waals surface area contributed by atoms with E-state index in [0.717, 1.165) is 6.42 Å². The number of fused-ring (bicyclic) bond motifs is 1. The molecule has 7 heteroatoms. The lowest BCUT2D eigenvalue weighted by molar-refractivity contribution is 0.297. The Morgan fingerprint density at radius 1 is 1.28 bits per heavy atom. The largest absolute Gasteiger partial charge is 0.489 e. The number of ether oxygens (including phenoxy) is 2. The SMILES string of the molecule is CCS(=O)(=O)Nc1cc2c(cc1N)OCCCO2. The van der Waals surface area contributed by atoms with Crippen molar-refractivity contribution in [3.63, 3.8) is 0 Å². The van der Waals surface area contributed by atoms with E-state index in [4.69, 9.17) is 15.2 Å². The van der Waals surface area contributed by atoms with Gasteiger partial charge in [0.2, 0.25) is 10.0 Å². The van der Waals surface area contributed by atoms with E-state index in [0.29, 0.717) is 36.1 Å². The maximum Gasteiger partial charge on any atom is 0.232 e.